The van der Waals surface area contributed by atoms with Gasteiger partial charge in [-0.25, -0.2) is 0 Å². The molecule has 0 aliphatic heterocycles. The van der Waals surface area contributed by atoms with E-state index in [1.54, 1.807) is 18.2 Å². The number of rotatable bonds is 7. The lowest BCUT2D eigenvalue weighted by Crippen LogP contribution is -2.21. The highest BCUT2D eigenvalue weighted by molar-refractivity contribution is 5.92. The summed E-state index contributed by atoms with van der Waals surface area (Å²) in [5.41, 5.74) is 2.38. The van der Waals surface area contributed by atoms with Crippen LogP contribution < -0.4 is 14.8 Å². The maximum Gasteiger partial charge on any atom is 0.262 e. The zero-order valence-electron chi connectivity index (χ0n) is 14.7. The monoisotopic (exact) mass is 338 g/mol. The molecule has 5 heteroatoms. The maximum absolute atomic E-state index is 12.2. The standard InChI is InChI=1S/C20H22N2O3/c1-4-14(2)16-7-5-6-8-17(16)22-20(23)13-25-18-10-9-15(12-21)11-19(18)24-3/h5-11,14H,4,13H2,1-3H3,(H,22,23)/t14-/m1/s1. The molecule has 0 saturated heterocycles. The quantitative estimate of drug-likeness (QED) is 0.825. The number of para-hydroxylation sites is 1. The maximum atomic E-state index is 12.2. The minimum atomic E-state index is -0.248. The highest BCUT2D eigenvalue weighted by atomic mass is 16.5. The largest absolute Gasteiger partial charge is 0.493 e. The number of nitrogens with one attached hydrogen (secondary N) is 1. The van der Waals surface area contributed by atoms with Crippen LogP contribution in [0.5, 0.6) is 11.5 Å². The SMILES string of the molecule is CC[C@@H](C)c1ccccc1NC(=O)COc1ccc(C#N)cc1OC. The second-order valence-electron chi connectivity index (χ2n) is 5.71. The predicted molar refractivity (Wildman–Crippen MR) is 97.0 cm³/mol. The van der Waals surface area contributed by atoms with E-state index < -0.39 is 0 Å². The third-order valence-corrected chi connectivity index (χ3v) is 4.03. The van der Waals surface area contributed by atoms with Gasteiger partial charge in [-0.1, -0.05) is 32.0 Å². The molecular weight excluding hydrogens is 316 g/mol. The van der Waals surface area contributed by atoms with Crippen molar-refractivity contribution < 1.29 is 14.3 Å². The number of carbonyl (C=O) groups excluding carboxylic acids is 1. The molecule has 0 bridgehead atoms. The second-order valence-corrected chi connectivity index (χ2v) is 5.71. The van der Waals surface area contributed by atoms with Crippen LogP contribution in [0.25, 0.3) is 0 Å². The minimum Gasteiger partial charge on any atom is -0.493 e. The van der Waals surface area contributed by atoms with E-state index in [4.69, 9.17) is 14.7 Å². The van der Waals surface area contributed by atoms with Gasteiger partial charge in [0.2, 0.25) is 0 Å². The summed E-state index contributed by atoms with van der Waals surface area (Å²) in [6.07, 6.45) is 0.992. The highest BCUT2D eigenvalue weighted by Gasteiger charge is 2.12. The van der Waals surface area contributed by atoms with E-state index >= 15 is 0 Å². The van der Waals surface area contributed by atoms with Crippen molar-refractivity contribution in [1.82, 2.24) is 0 Å². The summed E-state index contributed by atoms with van der Waals surface area (Å²) in [5, 5.41) is 11.8. The third kappa shape index (κ3) is 4.74. The van der Waals surface area contributed by atoms with E-state index in [2.05, 4.69) is 19.2 Å². The van der Waals surface area contributed by atoms with Crippen LogP contribution in [-0.4, -0.2) is 19.6 Å². The van der Waals surface area contributed by atoms with Crippen molar-refractivity contribution in [1.29, 1.82) is 5.26 Å². The Balaban J connectivity index is 2.04. The van der Waals surface area contributed by atoms with Crippen LogP contribution in [0, 0.1) is 11.3 Å². The molecule has 1 atom stereocenters. The molecule has 0 radical (unpaired) electrons. The van der Waals surface area contributed by atoms with Crippen molar-refractivity contribution >= 4 is 11.6 Å². The average molecular weight is 338 g/mol. The van der Waals surface area contributed by atoms with Gasteiger partial charge in [0.15, 0.2) is 18.1 Å². The van der Waals surface area contributed by atoms with Gasteiger partial charge in [-0.2, -0.15) is 5.26 Å². The third-order valence-electron chi connectivity index (χ3n) is 4.03. The molecule has 1 N–H and O–H groups in total. The topological polar surface area (TPSA) is 71.3 Å². The average Bonchev–Trinajstić information content (AvgIpc) is 2.66. The summed E-state index contributed by atoms with van der Waals surface area (Å²) in [5.74, 6) is 0.955. The molecule has 0 unspecified atom stereocenters. The molecule has 2 aromatic rings. The number of nitriles is 1. The molecule has 2 rings (SSSR count). The lowest BCUT2D eigenvalue weighted by atomic mass is 9.97. The fraction of sp³-hybridized carbons (Fsp3) is 0.300. The van der Waals surface area contributed by atoms with Crippen LogP contribution in [0.15, 0.2) is 42.5 Å². The first-order chi connectivity index (χ1) is 12.1. The van der Waals surface area contributed by atoms with E-state index in [9.17, 15) is 4.79 Å². The molecule has 0 saturated carbocycles. The number of methoxy groups -OCH3 is 1. The molecule has 5 nitrogen and oxygen atoms in total. The number of hydrogen-bond donors (Lipinski definition) is 1. The van der Waals surface area contributed by atoms with Crippen molar-refractivity contribution in [2.24, 2.45) is 0 Å². The summed E-state index contributed by atoms with van der Waals surface area (Å²) in [4.78, 5) is 12.2. The zero-order valence-corrected chi connectivity index (χ0v) is 14.7. The van der Waals surface area contributed by atoms with Crippen molar-refractivity contribution in [3.8, 4) is 17.6 Å². The van der Waals surface area contributed by atoms with Crippen molar-refractivity contribution in [3.63, 3.8) is 0 Å². The van der Waals surface area contributed by atoms with Gasteiger partial charge in [0, 0.05) is 11.8 Å². The molecule has 130 valence electrons. The Morgan fingerprint density at radius 3 is 2.68 bits per heavy atom. The van der Waals surface area contributed by atoms with Crippen molar-refractivity contribution in [2.75, 3.05) is 19.0 Å². The number of anilines is 1. The molecule has 0 aliphatic rings. The fourth-order valence-corrected chi connectivity index (χ4v) is 2.45. The van der Waals surface area contributed by atoms with E-state index in [0.29, 0.717) is 23.0 Å². The molecule has 2 aromatic carbocycles. The smallest absolute Gasteiger partial charge is 0.262 e. The lowest BCUT2D eigenvalue weighted by molar-refractivity contribution is -0.118. The molecular formula is C20H22N2O3. The van der Waals surface area contributed by atoms with Crippen LogP contribution in [0.2, 0.25) is 0 Å². The number of ether oxygens (including phenoxy) is 2. The fourth-order valence-electron chi connectivity index (χ4n) is 2.45. The molecule has 0 fully saturated rings. The molecule has 0 aliphatic carbocycles. The summed E-state index contributed by atoms with van der Waals surface area (Å²) < 4.78 is 10.7. The Hall–Kier alpha value is -3.00. The summed E-state index contributed by atoms with van der Waals surface area (Å²) in [6.45, 7) is 4.10. The number of amides is 1. The Labute approximate surface area is 148 Å². The van der Waals surface area contributed by atoms with Gasteiger partial charge >= 0.3 is 0 Å². The van der Waals surface area contributed by atoms with Crippen LogP contribution in [0.1, 0.15) is 37.3 Å². The Kier molecular flexibility index (Phi) is 6.41. The first kappa shape index (κ1) is 18.3. The van der Waals surface area contributed by atoms with Crippen molar-refractivity contribution in [2.45, 2.75) is 26.2 Å². The van der Waals surface area contributed by atoms with Gasteiger partial charge in [0.25, 0.3) is 5.91 Å². The molecule has 1 amide bonds. The van der Waals surface area contributed by atoms with Crippen molar-refractivity contribution in [3.05, 3.63) is 53.6 Å². The Morgan fingerprint density at radius 2 is 2.00 bits per heavy atom. The van der Waals surface area contributed by atoms with Gasteiger partial charge in [-0.05, 0) is 36.1 Å². The lowest BCUT2D eigenvalue weighted by Gasteiger charge is -2.16. The molecule has 0 aromatic heterocycles. The Morgan fingerprint density at radius 1 is 1.24 bits per heavy atom. The highest BCUT2D eigenvalue weighted by Crippen LogP contribution is 2.28. The van der Waals surface area contributed by atoms with Gasteiger partial charge in [0.05, 0.1) is 18.7 Å². The first-order valence-corrected chi connectivity index (χ1v) is 8.18. The van der Waals surface area contributed by atoms with Gasteiger partial charge in [0.1, 0.15) is 0 Å². The van der Waals surface area contributed by atoms with Crippen LogP contribution in [0.4, 0.5) is 5.69 Å². The van der Waals surface area contributed by atoms with E-state index in [1.807, 2.05) is 30.3 Å². The molecule has 0 heterocycles. The van der Waals surface area contributed by atoms with Crippen LogP contribution in [-0.2, 0) is 4.79 Å². The predicted octanol–water partition coefficient (Wildman–Crippen LogP) is 4.10. The zero-order chi connectivity index (χ0) is 18.2. The van der Waals surface area contributed by atoms with Crippen LogP contribution in [0.3, 0.4) is 0 Å². The minimum absolute atomic E-state index is 0.142. The van der Waals surface area contributed by atoms with Gasteiger partial charge < -0.3 is 14.8 Å². The van der Waals surface area contributed by atoms with E-state index in [1.165, 1.54) is 7.11 Å². The number of nitrogens with zero attached hydrogens (tertiary/aromatic N) is 1. The van der Waals surface area contributed by atoms with Gasteiger partial charge in [-0.3, -0.25) is 4.79 Å². The first-order valence-electron chi connectivity index (χ1n) is 8.18. The summed E-state index contributed by atoms with van der Waals surface area (Å²) >= 11 is 0. The van der Waals surface area contributed by atoms with E-state index in [-0.39, 0.29) is 12.5 Å². The van der Waals surface area contributed by atoms with Gasteiger partial charge in [-0.15, -0.1) is 0 Å². The summed E-state index contributed by atoms with van der Waals surface area (Å²) in [7, 11) is 1.49. The number of hydrogen-bond acceptors (Lipinski definition) is 4. The Bertz CT molecular complexity index is 781. The normalized spacial score (nSPS) is 11.3. The molecule has 0 spiro atoms. The second kappa shape index (κ2) is 8.74. The summed E-state index contributed by atoms with van der Waals surface area (Å²) in [6, 6.07) is 14.6. The molecule has 25 heavy (non-hydrogen) atoms. The van der Waals surface area contributed by atoms with Crippen LogP contribution >= 0.6 is 0 Å². The van der Waals surface area contributed by atoms with E-state index in [0.717, 1.165) is 17.7 Å². The number of benzene rings is 2. The number of carbonyl (C=O) groups is 1.